The number of hydrogen-bond acceptors (Lipinski definition) is 4. The number of fused-ring (bicyclic) bond motifs is 5. The molecule has 0 aromatic rings. The fourth-order valence-electron chi connectivity index (χ4n) is 6.48. The van der Waals surface area contributed by atoms with Gasteiger partial charge in [0.05, 0.1) is 0 Å². The van der Waals surface area contributed by atoms with Crippen LogP contribution in [0.1, 0.15) is 65.7 Å². The van der Waals surface area contributed by atoms with Crippen molar-refractivity contribution in [3.8, 4) is 0 Å². The second kappa shape index (κ2) is 5.52. The largest absolute Gasteiger partial charge is 0.462 e. The lowest BCUT2D eigenvalue weighted by atomic mass is 9.48. The zero-order valence-corrected chi connectivity index (χ0v) is 15.5. The van der Waals surface area contributed by atoms with Crippen LogP contribution in [0.3, 0.4) is 0 Å². The maximum absolute atomic E-state index is 13.1. The van der Waals surface area contributed by atoms with Gasteiger partial charge in [-0.05, 0) is 55.4 Å². The smallest absolute Gasteiger partial charge is 0.302 e. The number of allylic oxidation sites excluding steroid dienone is 1. The van der Waals surface area contributed by atoms with Gasteiger partial charge < -0.3 is 4.74 Å². The molecule has 4 heteroatoms. The summed E-state index contributed by atoms with van der Waals surface area (Å²) in [6.07, 6.45) is 7.66. The molecule has 3 saturated carbocycles. The average Bonchev–Trinajstić information content (AvgIpc) is 2.84. The highest BCUT2D eigenvalue weighted by atomic mass is 16.5. The Hall–Kier alpha value is -1.45. The maximum atomic E-state index is 13.1. The average molecular weight is 344 g/mol. The number of hydrogen-bond donors (Lipinski definition) is 0. The van der Waals surface area contributed by atoms with Crippen molar-refractivity contribution in [2.24, 2.45) is 28.6 Å². The summed E-state index contributed by atoms with van der Waals surface area (Å²) in [5.41, 5.74) is 0.902. The van der Waals surface area contributed by atoms with Crippen LogP contribution in [-0.4, -0.2) is 23.6 Å². The van der Waals surface area contributed by atoms with Crippen LogP contribution < -0.4 is 0 Å². The van der Waals surface area contributed by atoms with Crippen molar-refractivity contribution >= 4 is 17.5 Å². The van der Waals surface area contributed by atoms with Gasteiger partial charge in [-0.3, -0.25) is 14.4 Å². The Morgan fingerprint density at radius 2 is 1.76 bits per heavy atom. The second-order valence-electron chi connectivity index (χ2n) is 9.12. The number of Topliss-reactive ketones (excluding diaryl/α,β-unsaturated/α-hetero) is 1. The number of rotatable bonds is 1. The lowest BCUT2D eigenvalue weighted by molar-refractivity contribution is -0.149. The van der Waals surface area contributed by atoms with Crippen LogP contribution in [0.15, 0.2) is 11.6 Å². The minimum atomic E-state index is -0.284. The van der Waals surface area contributed by atoms with Crippen molar-refractivity contribution < 1.29 is 19.1 Å². The van der Waals surface area contributed by atoms with Crippen LogP contribution in [0.2, 0.25) is 0 Å². The molecule has 4 aliphatic carbocycles. The van der Waals surface area contributed by atoms with Gasteiger partial charge in [0.1, 0.15) is 11.9 Å². The zero-order chi connectivity index (χ0) is 18.0. The highest BCUT2D eigenvalue weighted by molar-refractivity contribution is 5.96. The standard InChI is InChI=1S/C21H28O4/c1-12(22)25-14-6-8-20(2)13(10-14)11-17(23)19-15-4-5-18(24)21(15,3)9-7-16(19)20/h11,14-16,19H,4-10H2,1-3H3/t14-,15+,16+,19+,20-,21-/m0/s1. The first-order chi connectivity index (χ1) is 11.8. The summed E-state index contributed by atoms with van der Waals surface area (Å²) in [5.74, 6) is 0.888. The Morgan fingerprint density at radius 1 is 1.08 bits per heavy atom. The van der Waals surface area contributed by atoms with E-state index in [0.717, 1.165) is 32.1 Å². The van der Waals surface area contributed by atoms with Crippen molar-refractivity contribution in [2.45, 2.75) is 71.8 Å². The number of ketones is 2. The zero-order valence-electron chi connectivity index (χ0n) is 15.5. The van der Waals surface area contributed by atoms with Gasteiger partial charge in [0, 0.05) is 31.1 Å². The molecular formula is C21H28O4. The Labute approximate surface area is 149 Å². The molecule has 0 radical (unpaired) electrons. The molecule has 0 N–H and O–H groups in total. The third-order valence-electron chi connectivity index (χ3n) is 7.94. The Morgan fingerprint density at radius 3 is 2.48 bits per heavy atom. The van der Waals surface area contributed by atoms with E-state index in [2.05, 4.69) is 13.8 Å². The van der Waals surface area contributed by atoms with Gasteiger partial charge in [-0.15, -0.1) is 0 Å². The maximum Gasteiger partial charge on any atom is 0.302 e. The van der Waals surface area contributed by atoms with E-state index in [0.29, 0.717) is 24.5 Å². The molecule has 0 spiro atoms. The Kier molecular flexibility index (Phi) is 3.75. The van der Waals surface area contributed by atoms with Crippen LogP contribution >= 0.6 is 0 Å². The predicted octanol–water partition coefficient (Wildman–Crippen LogP) is 3.63. The number of carbonyl (C=O) groups is 3. The molecule has 0 saturated heterocycles. The van der Waals surface area contributed by atoms with Crippen LogP contribution in [0, 0.1) is 28.6 Å². The van der Waals surface area contributed by atoms with Crippen LogP contribution in [0.5, 0.6) is 0 Å². The minimum Gasteiger partial charge on any atom is -0.462 e. The summed E-state index contributed by atoms with van der Waals surface area (Å²) in [6.45, 7) is 5.84. The number of ether oxygens (including phenoxy) is 1. The predicted molar refractivity (Wildman–Crippen MR) is 92.7 cm³/mol. The first kappa shape index (κ1) is 17.0. The molecule has 0 aromatic carbocycles. The fraction of sp³-hybridized carbons (Fsp3) is 0.762. The molecular weight excluding hydrogens is 316 g/mol. The van der Waals surface area contributed by atoms with E-state index >= 15 is 0 Å². The number of esters is 1. The molecule has 0 heterocycles. The van der Waals surface area contributed by atoms with Gasteiger partial charge in [-0.1, -0.05) is 19.4 Å². The van der Waals surface area contributed by atoms with E-state index in [1.807, 2.05) is 6.08 Å². The van der Waals surface area contributed by atoms with Crippen LogP contribution in [-0.2, 0) is 19.1 Å². The van der Waals surface area contributed by atoms with E-state index in [9.17, 15) is 14.4 Å². The van der Waals surface area contributed by atoms with E-state index in [-0.39, 0.29) is 40.5 Å². The highest BCUT2D eigenvalue weighted by Crippen LogP contribution is 2.63. The topological polar surface area (TPSA) is 60.4 Å². The van der Waals surface area contributed by atoms with E-state index in [1.165, 1.54) is 12.5 Å². The molecule has 4 nitrogen and oxygen atoms in total. The molecule has 6 atom stereocenters. The summed E-state index contributed by atoms with van der Waals surface area (Å²) in [6, 6.07) is 0. The van der Waals surface area contributed by atoms with Crippen molar-refractivity contribution in [2.75, 3.05) is 0 Å². The van der Waals surface area contributed by atoms with Crippen LogP contribution in [0.4, 0.5) is 0 Å². The third-order valence-corrected chi connectivity index (χ3v) is 7.94. The monoisotopic (exact) mass is 344 g/mol. The normalized spacial score (nSPS) is 46.0. The molecule has 4 aliphatic rings. The summed E-state index contributed by atoms with van der Waals surface area (Å²) in [5, 5.41) is 0. The van der Waals surface area contributed by atoms with Gasteiger partial charge in [0.25, 0.3) is 0 Å². The second-order valence-corrected chi connectivity index (χ2v) is 9.12. The molecule has 0 amide bonds. The Balaban J connectivity index is 1.67. The minimum absolute atomic E-state index is 0.00391. The highest BCUT2D eigenvalue weighted by Gasteiger charge is 2.61. The molecule has 0 aromatic heterocycles. The molecule has 25 heavy (non-hydrogen) atoms. The van der Waals surface area contributed by atoms with Gasteiger partial charge in [-0.2, -0.15) is 0 Å². The molecule has 4 rings (SSSR count). The SMILES string of the molecule is CC(=O)O[C@H]1CC[C@@]2(C)C(=CC(=O)[C@H]3[C@H]2CC[C@]2(C)C(=O)CC[C@H]32)C1. The molecule has 3 fully saturated rings. The van der Waals surface area contributed by atoms with E-state index < -0.39 is 0 Å². The summed E-state index contributed by atoms with van der Waals surface area (Å²) < 4.78 is 5.42. The third kappa shape index (κ3) is 2.36. The lowest BCUT2D eigenvalue weighted by Gasteiger charge is -2.55. The van der Waals surface area contributed by atoms with Gasteiger partial charge >= 0.3 is 5.97 Å². The fourth-order valence-corrected chi connectivity index (χ4v) is 6.48. The van der Waals surface area contributed by atoms with Crippen molar-refractivity contribution in [1.29, 1.82) is 0 Å². The van der Waals surface area contributed by atoms with Crippen molar-refractivity contribution in [3.63, 3.8) is 0 Å². The van der Waals surface area contributed by atoms with Gasteiger partial charge in [0.2, 0.25) is 0 Å². The van der Waals surface area contributed by atoms with Gasteiger partial charge in [0.15, 0.2) is 5.78 Å². The van der Waals surface area contributed by atoms with Crippen molar-refractivity contribution in [3.05, 3.63) is 11.6 Å². The lowest BCUT2D eigenvalue weighted by Crippen LogP contribution is -2.53. The van der Waals surface area contributed by atoms with Crippen molar-refractivity contribution in [1.82, 2.24) is 0 Å². The van der Waals surface area contributed by atoms with E-state index in [4.69, 9.17) is 4.74 Å². The van der Waals surface area contributed by atoms with Gasteiger partial charge in [-0.25, -0.2) is 0 Å². The summed E-state index contributed by atoms with van der Waals surface area (Å²) in [4.78, 5) is 36.8. The first-order valence-corrected chi connectivity index (χ1v) is 9.71. The van der Waals surface area contributed by atoms with E-state index in [1.54, 1.807) is 0 Å². The molecule has 136 valence electrons. The summed E-state index contributed by atoms with van der Waals surface area (Å²) in [7, 11) is 0. The molecule has 0 aliphatic heterocycles. The molecule has 0 bridgehead atoms. The first-order valence-electron chi connectivity index (χ1n) is 9.71. The summed E-state index contributed by atoms with van der Waals surface area (Å²) >= 11 is 0. The Bertz CT molecular complexity index is 677. The van der Waals surface area contributed by atoms with Crippen LogP contribution in [0.25, 0.3) is 0 Å². The molecule has 0 unspecified atom stereocenters. The number of carbonyl (C=O) groups excluding carboxylic acids is 3. The quantitative estimate of drug-likeness (QED) is 0.682.